The largest absolute Gasteiger partial charge is 0.481 e. The lowest BCUT2D eigenvalue weighted by atomic mass is 10.2. The Bertz CT molecular complexity index is 376. The van der Waals surface area contributed by atoms with Gasteiger partial charge in [0.05, 0.1) is 18.9 Å². The van der Waals surface area contributed by atoms with Crippen LogP contribution in [0.1, 0.15) is 6.42 Å². The summed E-state index contributed by atoms with van der Waals surface area (Å²) in [5.74, 6) is -1.89. The van der Waals surface area contributed by atoms with Crippen molar-refractivity contribution in [3.8, 4) is 0 Å². The molecule has 2 rings (SSSR count). The fourth-order valence-electron chi connectivity index (χ4n) is 2.21. The van der Waals surface area contributed by atoms with Crippen molar-refractivity contribution in [1.82, 2.24) is 9.80 Å². The minimum Gasteiger partial charge on any atom is -0.481 e. The van der Waals surface area contributed by atoms with Crippen molar-refractivity contribution < 1.29 is 24.2 Å². The number of methoxy groups -OCH3 is 1. The number of hydrogen-bond donors (Lipinski definition) is 1. The van der Waals surface area contributed by atoms with Gasteiger partial charge < -0.3 is 19.6 Å². The van der Waals surface area contributed by atoms with Crippen LogP contribution < -0.4 is 0 Å². The van der Waals surface area contributed by atoms with E-state index in [1.165, 1.54) is 12.0 Å². The normalized spacial score (nSPS) is 26.7. The van der Waals surface area contributed by atoms with Crippen LogP contribution in [0.15, 0.2) is 0 Å². The Kier molecular flexibility index (Phi) is 3.40. The van der Waals surface area contributed by atoms with Crippen molar-refractivity contribution in [2.24, 2.45) is 11.8 Å². The minimum absolute atomic E-state index is 0.105. The van der Waals surface area contributed by atoms with Crippen molar-refractivity contribution in [1.29, 1.82) is 0 Å². The molecule has 1 aliphatic carbocycles. The number of hydrogen-bond acceptors (Lipinski definition) is 4. The van der Waals surface area contributed by atoms with Crippen molar-refractivity contribution in [2.75, 3.05) is 33.3 Å². The highest BCUT2D eigenvalue weighted by atomic mass is 16.5. The zero-order valence-electron chi connectivity index (χ0n) is 10.2. The standard InChI is InChI=1S/C11H16N2O5/c1-18-11(17)13-4-2-12(3-5-13)9(14)7-6-8(7)10(15)16/h7-8H,2-6H2,1H3,(H,15,16)/t7-,8+/m1/s1. The van der Waals surface area contributed by atoms with Gasteiger partial charge >= 0.3 is 12.1 Å². The molecule has 2 atom stereocenters. The van der Waals surface area contributed by atoms with E-state index in [-0.39, 0.29) is 11.8 Å². The van der Waals surface area contributed by atoms with Gasteiger partial charge in [-0.1, -0.05) is 0 Å². The average Bonchev–Trinajstić information content (AvgIpc) is 3.17. The maximum absolute atomic E-state index is 11.9. The molecule has 0 unspecified atom stereocenters. The molecule has 2 fully saturated rings. The van der Waals surface area contributed by atoms with Gasteiger partial charge in [-0.05, 0) is 6.42 Å². The Labute approximate surface area is 104 Å². The first kappa shape index (κ1) is 12.7. The van der Waals surface area contributed by atoms with Crippen LogP contribution in [-0.4, -0.2) is 66.2 Å². The SMILES string of the molecule is COC(=O)N1CCN(C(=O)[C@@H]2C[C@@H]2C(=O)O)CC1. The molecule has 0 aromatic carbocycles. The summed E-state index contributed by atoms with van der Waals surface area (Å²) in [6.45, 7) is 1.75. The van der Waals surface area contributed by atoms with Crippen LogP contribution in [0.3, 0.4) is 0 Å². The molecule has 1 saturated heterocycles. The molecule has 0 radical (unpaired) electrons. The van der Waals surface area contributed by atoms with Gasteiger partial charge in [-0.25, -0.2) is 4.79 Å². The topological polar surface area (TPSA) is 87.2 Å². The van der Waals surface area contributed by atoms with Crippen molar-refractivity contribution in [3.63, 3.8) is 0 Å². The Hall–Kier alpha value is -1.79. The number of ether oxygens (including phenoxy) is 1. The minimum atomic E-state index is -0.901. The van der Waals surface area contributed by atoms with Gasteiger partial charge in [0, 0.05) is 26.2 Å². The molecule has 0 spiro atoms. The zero-order chi connectivity index (χ0) is 13.3. The number of aliphatic carboxylic acids is 1. The molecule has 2 aliphatic rings. The van der Waals surface area contributed by atoms with Gasteiger partial charge in [-0.15, -0.1) is 0 Å². The van der Waals surface area contributed by atoms with Gasteiger partial charge in [0.25, 0.3) is 0 Å². The van der Waals surface area contributed by atoms with Crippen LogP contribution >= 0.6 is 0 Å². The number of amides is 2. The molecule has 1 saturated carbocycles. The van der Waals surface area contributed by atoms with Gasteiger partial charge in [0.1, 0.15) is 0 Å². The molecular formula is C11H16N2O5. The van der Waals surface area contributed by atoms with Gasteiger partial charge in [-0.3, -0.25) is 9.59 Å². The lowest BCUT2D eigenvalue weighted by Gasteiger charge is -2.34. The summed E-state index contributed by atoms with van der Waals surface area (Å²) >= 11 is 0. The molecule has 2 amide bonds. The third-order valence-electron chi connectivity index (χ3n) is 3.45. The highest BCUT2D eigenvalue weighted by molar-refractivity contribution is 5.89. The fourth-order valence-corrected chi connectivity index (χ4v) is 2.21. The quantitative estimate of drug-likeness (QED) is 0.727. The fraction of sp³-hybridized carbons (Fsp3) is 0.727. The lowest BCUT2D eigenvalue weighted by Crippen LogP contribution is -2.51. The summed E-state index contributed by atoms with van der Waals surface area (Å²) < 4.78 is 4.60. The second-order valence-corrected chi connectivity index (χ2v) is 4.57. The maximum Gasteiger partial charge on any atom is 0.409 e. The van der Waals surface area contributed by atoms with E-state index in [2.05, 4.69) is 4.74 Å². The summed E-state index contributed by atoms with van der Waals surface area (Å²) in [7, 11) is 1.32. The third-order valence-corrected chi connectivity index (χ3v) is 3.45. The number of carbonyl (C=O) groups is 3. The number of piperazine rings is 1. The highest BCUT2D eigenvalue weighted by Crippen LogP contribution is 2.40. The zero-order valence-corrected chi connectivity index (χ0v) is 10.2. The molecule has 7 heteroatoms. The van der Waals surface area contributed by atoms with Gasteiger partial charge in [0.2, 0.25) is 5.91 Å². The number of carboxylic acid groups (broad SMARTS) is 1. The van der Waals surface area contributed by atoms with Crippen LogP contribution in [0.25, 0.3) is 0 Å². The lowest BCUT2D eigenvalue weighted by molar-refractivity contribution is -0.142. The molecule has 1 aliphatic heterocycles. The molecule has 0 bridgehead atoms. The van der Waals surface area contributed by atoms with E-state index in [1.807, 2.05) is 0 Å². The number of carboxylic acids is 1. The molecule has 0 aromatic rings. The van der Waals surface area contributed by atoms with Gasteiger partial charge in [0.15, 0.2) is 0 Å². The molecule has 100 valence electrons. The predicted molar refractivity (Wildman–Crippen MR) is 59.8 cm³/mol. The van der Waals surface area contributed by atoms with E-state index in [9.17, 15) is 14.4 Å². The number of rotatable bonds is 2. The summed E-state index contributed by atoms with van der Waals surface area (Å²) in [5, 5.41) is 8.78. The predicted octanol–water partition coefficient (Wildman–Crippen LogP) is -0.382. The van der Waals surface area contributed by atoms with Gasteiger partial charge in [-0.2, -0.15) is 0 Å². The summed E-state index contributed by atoms with van der Waals surface area (Å²) in [4.78, 5) is 37.1. The van der Waals surface area contributed by atoms with Crippen LogP contribution in [0.4, 0.5) is 4.79 Å². The first-order valence-corrected chi connectivity index (χ1v) is 5.89. The van der Waals surface area contributed by atoms with E-state index in [1.54, 1.807) is 4.90 Å². The second kappa shape index (κ2) is 4.83. The monoisotopic (exact) mass is 256 g/mol. The number of carbonyl (C=O) groups excluding carboxylic acids is 2. The third kappa shape index (κ3) is 2.39. The Morgan fingerprint density at radius 2 is 1.61 bits per heavy atom. The highest BCUT2D eigenvalue weighted by Gasteiger charge is 2.50. The van der Waals surface area contributed by atoms with Crippen molar-refractivity contribution in [3.05, 3.63) is 0 Å². The molecular weight excluding hydrogens is 240 g/mol. The number of nitrogens with zero attached hydrogens (tertiary/aromatic N) is 2. The van der Waals surface area contributed by atoms with Crippen LogP contribution in [0.5, 0.6) is 0 Å². The summed E-state index contributed by atoms with van der Waals surface area (Å²) in [6.07, 6.45) is 0.0442. The maximum atomic E-state index is 11.9. The van der Waals surface area contributed by atoms with Crippen LogP contribution in [0.2, 0.25) is 0 Å². The van der Waals surface area contributed by atoms with E-state index in [4.69, 9.17) is 5.11 Å². The van der Waals surface area contributed by atoms with Crippen LogP contribution in [0, 0.1) is 11.8 Å². The van der Waals surface area contributed by atoms with E-state index in [0.29, 0.717) is 32.6 Å². The van der Waals surface area contributed by atoms with E-state index < -0.39 is 18.0 Å². The molecule has 1 N–H and O–H groups in total. The molecule has 7 nitrogen and oxygen atoms in total. The first-order valence-electron chi connectivity index (χ1n) is 5.89. The first-order chi connectivity index (χ1) is 8.54. The smallest absolute Gasteiger partial charge is 0.409 e. The van der Waals surface area contributed by atoms with Crippen molar-refractivity contribution in [2.45, 2.75) is 6.42 Å². The van der Waals surface area contributed by atoms with Crippen molar-refractivity contribution >= 4 is 18.0 Å². The molecule has 1 heterocycles. The average molecular weight is 256 g/mol. The summed E-state index contributed by atoms with van der Waals surface area (Å²) in [6, 6.07) is 0. The van der Waals surface area contributed by atoms with E-state index >= 15 is 0 Å². The molecule has 18 heavy (non-hydrogen) atoms. The van der Waals surface area contributed by atoms with Crippen LogP contribution in [-0.2, 0) is 14.3 Å². The van der Waals surface area contributed by atoms with E-state index in [0.717, 1.165) is 0 Å². The Morgan fingerprint density at radius 3 is 2.06 bits per heavy atom. The summed E-state index contributed by atoms with van der Waals surface area (Å²) in [5.41, 5.74) is 0. The Balaban J connectivity index is 1.82. The molecule has 0 aromatic heterocycles. The Morgan fingerprint density at radius 1 is 1.06 bits per heavy atom. The second-order valence-electron chi connectivity index (χ2n) is 4.57.